The van der Waals surface area contributed by atoms with Gasteiger partial charge in [-0.05, 0) is 24.6 Å². The summed E-state index contributed by atoms with van der Waals surface area (Å²) in [6.07, 6.45) is -1.39. The second-order valence-electron chi connectivity index (χ2n) is 3.69. The molecule has 1 aromatic heterocycles. The molecular weight excluding hydrogens is 231 g/mol. The number of nitrogens with one attached hydrogen (secondary N) is 1. The first kappa shape index (κ1) is 11.5. The van der Waals surface area contributed by atoms with Crippen LogP contribution in [-0.4, -0.2) is 10.2 Å². The fraction of sp³-hybridized carbons (Fsp3) is 0.182. The average Bonchev–Trinajstić information content (AvgIpc) is 2.68. The van der Waals surface area contributed by atoms with E-state index in [1.807, 2.05) is 0 Å². The molecule has 0 aliphatic carbocycles. The minimum absolute atomic E-state index is 0.0621. The van der Waals surface area contributed by atoms with Gasteiger partial charge < -0.3 is 5.73 Å². The number of alkyl halides is 1. The second-order valence-corrected chi connectivity index (χ2v) is 3.69. The number of anilines is 1. The molecule has 0 radical (unpaired) electrons. The van der Waals surface area contributed by atoms with Crippen LogP contribution in [0.2, 0.25) is 0 Å². The SMILES string of the molecule is CC(F)c1cc(F)c(F)c(-c2cc(N)n[nH]2)c1. The van der Waals surface area contributed by atoms with E-state index in [1.54, 1.807) is 0 Å². The molecule has 0 amide bonds. The minimum Gasteiger partial charge on any atom is -0.382 e. The van der Waals surface area contributed by atoms with Crippen LogP contribution < -0.4 is 5.73 Å². The molecular formula is C11H10F3N3. The maximum Gasteiger partial charge on any atom is 0.168 e. The van der Waals surface area contributed by atoms with Crippen molar-refractivity contribution in [1.82, 2.24) is 10.2 Å². The van der Waals surface area contributed by atoms with E-state index in [9.17, 15) is 13.2 Å². The molecule has 0 fully saturated rings. The standard InChI is InChI=1S/C11H10F3N3/c1-5(12)6-2-7(11(14)8(13)3-6)9-4-10(15)17-16-9/h2-5H,1H3,(H3,15,16,17). The number of nitrogens with two attached hydrogens (primary N) is 1. The molecule has 3 N–H and O–H groups in total. The molecule has 0 saturated heterocycles. The van der Waals surface area contributed by atoms with Crippen LogP contribution in [0.5, 0.6) is 0 Å². The Labute approximate surface area is 95.5 Å². The summed E-state index contributed by atoms with van der Waals surface area (Å²) in [5.74, 6) is -2.01. The molecule has 3 nitrogen and oxygen atoms in total. The van der Waals surface area contributed by atoms with Crippen molar-refractivity contribution < 1.29 is 13.2 Å². The fourth-order valence-electron chi connectivity index (χ4n) is 1.51. The molecule has 90 valence electrons. The van der Waals surface area contributed by atoms with Crippen molar-refractivity contribution in [3.8, 4) is 11.3 Å². The van der Waals surface area contributed by atoms with E-state index in [-0.39, 0.29) is 22.6 Å². The summed E-state index contributed by atoms with van der Waals surface area (Å²) in [7, 11) is 0. The van der Waals surface area contributed by atoms with E-state index in [2.05, 4.69) is 10.2 Å². The summed E-state index contributed by atoms with van der Waals surface area (Å²) in [5, 5.41) is 6.06. The Hall–Kier alpha value is -1.98. The zero-order valence-electron chi connectivity index (χ0n) is 8.97. The highest BCUT2D eigenvalue weighted by Gasteiger charge is 2.16. The summed E-state index contributed by atoms with van der Waals surface area (Å²) in [6.45, 7) is 1.25. The molecule has 17 heavy (non-hydrogen) atoms. The minimum atomic E-state index is -1.39. The van der Waals surface area contributed by atoms with Crippen molar-refractivity contribution in [2.45, 2.75) is 13.1 Å². The first-order valence-corrected chi connectivity index (χ1v) is 4.93. The number of nitrogens with zero attached hydrogens (tertiary/aromatic N) is 1. The van der Waals surface area contributed by atoms with Crippen LogP contribution in [0.25, 0.3) is 11.3 Å². The Morgan fingerprint density at radius 3 is 2.53 bits per heavy atom. The Balaban J connectivity index is 2.60. The molecule has 1 heterocycles. The molecule has 1 unspecified atom stereocenters. The number of aromatic nitrogens is 2. The molecule has 0 saturated carbocycles. The van der Waals surface area contributed by atoms with Gasteiger partial charge in [0.1, 0.15) is 12.0 Å². The molecule has 0 aliphatic rings. The maximum absolute atomic E-state index is 13.6. The second kappa shape index (κ2) is 4.12. The molecule has 0 spiro atoms. The van der Waals surface area contributed by atoms with Crippen LogP contribution in [0.4, 0.5) is 19.0 Å². The lowest BCUT2D eigenvalue weighted by molar-refractivity contribution is 0.371. The lowest BCUT2D eigenvalue weighted by Crippen LogP contribution is -1.95. The maximum atomic E-state index is 13.6. The first-order chi connectivity index (χ1) is 7.99. The highest BCUT2D eigenvalue weighted by molar-refractivity contribution is 5.63. The van der Waals surface area contributed by atoms with Crippen LogP contribution >= 0.6 is 0 Å². The molecule has 1 atom stereocenters. The number of nitrogen functional groups attached to an aromatic ring is 1. The first-order valence-electron chi connectivity index (χ1n) is 4.93. The van der Waals surface area contributed by atoms with E-state index in [0.717, 1.165) is 6.07 Å². The summed E-state index contributed by atoms with van der Waals surface area (Å²) in [5.41, 5.74) is 5.55. The summed E-state index contributed by atoms with van der Waals surface area (Å²) >= 11 is 0. The third kappa shape index (κ3) is 2.11. The Morgan fingerprint density at radius 2 is 2.00 bits per heavy atom. The normalized spacial score (nSPS) is 12.7. The smallest absolute Gasteiger partial charge is 0.168 e. The highest BCUT2D eigenvalue weighted by Crippen LogP contribution is 2.29. The van der Waals surface area contributed by atoms with Gasteiger partial charge in [-0.15, -0.1) is 0 Å². The molecule has 1 aromatic carbocycles. The molecule has 2 rings (SSSR count). The zero-order chi connectivity index (χ0) is 12.6. The van der Waals surface area contributed by atoms with Crippen molar-refractivity contribution >= 4 is 5.82 Å². The number of hydrogen-bond donors (Lipinski definition) is 2. The van der Waals surface area contributed by atoms with Crippen LogP contribution in [0.3, 0.4) is 0 Å². The van der Waals surface area contributed by atoms with Crippen molar-refractivity contribution in [3.05, 3.63) is 35.4 Å². The quantitative estimate of drug-likeness (QED) is 0.849. The molecule has 2 aromatic rings. The van der Waals surface area contributed by atoms with Crippen LogP contribution in [-0.2, 0) is 0 Å². The molecule has 6 heteroatoms. The third-order valence-corrected chi connectivity index (χ3v) is 2.40. The Kier molecular flexibility index (Phi) is 2.79. The van der Waals surface area contributed by atoms with Gasteiger partial charge in [0.15, 0.2) is 11.6 Å². The van der Waals surface area contributed by atoms with Crippen molar-refractivity contribution in [2.75, 3.05) is 5.73 Å². The largest absolute Gasteiger partial charge is 0.382 e. The van der Waals surface area contributed by atoms with Gasteiger partial charge in [0.2, 0.25) is 0 Å². The van der Waals surface area contributed by atoms with Crippen LogP contribution in [0.1, 0.15) is 18.7 Å². The summed E-state index contributed by atoms with van der Waals surface area (Å²) in [4.78, 5) is 0. The highest BCUT2D eigenvalue weighted by atomic mass is 19.2. The predicted octanol–water partition coefficient (Wildman–Crippen LogP) is 2.97. The van der Waals surface area contributed by atoms with Gasteiger partial charge in [0.05, 0.1) is 5.69 Å². The topological polar surface area (TPSA) is 54.7 Å². The predicted molar refractivity (Wildman–Crippen MR) is 57.9 cm³/mol. The van der Waals surface area contributed by atoms with E-state index in [4.69, 9.17) is 5.73 Å². The monoisotopic (exact) mass is 241 g/mol. The van der Waals surface area contributed by atoms with Gasteiger partial charge in [0.25, 0.3) is 0 Å². The van der Waals surface area contributed by atoms with Crippen LogP contribution in [0.15, 0.2) is 18.2 Å². The summed E-state index contributed by atoms with van der Waals surface area (Å²) in [6, 6.07) is 3.42. The van der Waals surface area contributed by atoms with Gasteiger partial charge in [-0.25, -0.2) is 13.2 Å². The number of halogens is 3. The third-order valence-electron chi connectivity index (χ3n) is 2.40. The Morgan fingerprint density at radius 1 is 1.29 bits per heavy atom. The van der Waals surface area contributed by atoms with Gasteiger partial charge >= 0.3 is 0 Å². The average molecular weight is 241 g/mol. The number of H-pyrrole nitrogens is 1. The number of hydrogen-bond acceptors (Lipinski definition) is 2. The lowest BCUT2D eigenvalue weighted by Gasteiger charge is -2.07. The van der Waals surface area contributed by atoms with Gasteiger partial charge in [-0.1, -0.05) is 0 Å². The van der Waals surface area contributed by atoms with Crippen molar-refractivity contribution in [1.29, 1.82) is 0 Å². The van der Waals surface area contributed by atoms with E-state index in [1.165, 1.54) is 19.1 Å². The number of benzene rings is 1. The van der Waals surface area contributed by atoms with E-state index >= 15 is 0 Å². The molecule has 0 bridgehead atoms. The van der Waals surface area contributed by atoms with Crippen molar-refractivity contribution in [3.63, 3.8) is 0 Å². The van der Waals surface area contributed by atoms with Gasteiger partial charge in [0, 0.05) is 11.6 Å². The lowest BCUT2D eigenvalue weighted by atomic mass is 10.0. The number of aromatic amines is 1. The van der Waals surface area contributed by atoms with E-state index in [0.29, 0.717) is 0 Å². The van der Waals surface area contributed by atoms with E-state index < -0.39 is 17.8 Å². The zero-order valence-corrected chi connectivity index (χ0v) is 8.97. The summed E-state index contributed by atoms with van der Waals surface area (Å²) < 4.78 is 39.9. The van der Waals surface area contributed by atoms with Crippen molar-refractivity contribution in [2.24, 2.45) is 0 Å². The van der Waals surface area contributed by atoms with Gasteiger partial charge in [-0.3, -0.25) is 5.10 Å². The molecule has 0 aliphatic heterocycles. The van der Waals surface area contributed by atoms with Gasteiger partial charge in [-0.2, -0.15) is 5.10 Å². The number of rotatable bonds is 2. The fourth-order valence-corrected chi connectivity index (χ4v) is 1.51. The van der Waals surface area contributed by atoms with Crippen LogP contribution in [0, 0.1) is 11.6 Å². The Bertz CT molecular complexity index is 549.